The Hall–Kier alpha value is 0.341. The minimum atomic E-state index is 0. The fraction of sp³-hybridized carbons (Fsp3) is 0.400. The van der Waals surface area contributed by atoms with Gasteiger partial charge >= 0.3 is 54.4 Å². The molecule has 0 aromatic heterocycles. The van der Waals surface area contributed by atoms with Crippen molar-refractivity contribution in [1.29, 1.82) is 0 Å². The molecule has 0 saturated heterocycles. The van der Waals surface area contributed by atoms with E-state index in [-0.39, 0.29) is 31.0 Å². The summed E-state index contributed by atoms with van der Waals surface area (Å²) >= 11 is 0.407. The van der Waals surface area contributed by atoms with Crippen molar-refractivity contribution in [1.82, 2.24) is 0 Å². The summed E-state index contributed by atoms with van der Waals surface area (Å²) in [6.45, 7) is 9.32. The molecule has 2 aliphatic rings. The monoisotopic (exact) mass is 350 g/mol. The van der Waals surface area contributed by atoms with E-state index in [1.807, 2.05) is 24.3 Å². The van der Waals surface area contributed by atoms with Crippen LogP contribution < -0.4 is 0 Å². The summed E-state index contributed by atoms with van der Waals surface area (Å²) in [5, 5.41) is 0. The van der Waals surface area contributed by atoms with E-state index in [0.717, 1.165) is 12.8 Å². The van der Waals surface area contributed by atoms with Crippen molar-refractivity contribution in [3.63, 3.8) is 0 Å². The predicted molar refractivity (Wildman–Crippen MR) is 91.5 cm³/mol. The molecular weight excluding hydrogens is 327 g/mol. The third-order valence-electron chi connectivity index (χ3n) is 1.67. The van der Waals surface area contributed by atoms with Crippen LogP contribution >= 0.6 is 24.8 Å². The Morgan fingerprint density at radius 2 is 1.37 bits per heavy atom. The van der Waals surface area contributed by atoms with Crippen molar-refractivity contribution in [3.8, 4) is 0 Å². The number of allylic oxidation sites excluding steroid dienone is 8. The van der Waals surface area contributed by atoms with E-state index >= 15 is 0 Å². The zero-order chi connectivity index (χ0) is 12.9. The van der Waals surface area contributed by atoms with Crippen LogP contribution in [-0.2, 0) is 17.4 Å². The third kappa shape index (κ3) is 23.8. The van der Waals surface area contributed by atoms with Crippen molar-refractivity contribution in [2.24, 2.45) is 0 Å². The van der Waals surface area contributed by atoms with E-state index in [1.165, 1.54) is 0 Å². The first-order valence-corrected chi connectivity index (χ1v) is 11.6. The molecule has 4 heteroatoms. The summed E-state index contributed by atoms with van der Waals surface area (Å²) in [5.74, 6) is 0. The first kappa shape index (κ1) is 24.4. The molecule has 2 rings (SSSR count). The van der Waals surface area contributed by atoms with Crippen LogP contribution in [0.3, 0.4) is 0 Å². The van der Waals surface area contributed by atoms with E-state index in [0.29, 0.717) is 17.4 Å². The van der Waals surface area contributed by atoms with Gasteiger partial charge in [0.05, 0.1) is 0 Å². The van der Waals surface area contributed by atoms with Crippen LogP contribution in [0.25, 0.3) is 0 Å². The molecular formula is C15H24Cl2SiTi-2. The van der Waals surface area contributed by atoms with Crippen molar-refractivity contribution in [3.05, 3.63) is 48.6 Å². The first-order chi connectivity index (χ1) is 8.13. The fourth-order valence-electron chi connectivity index (χ4n) is 1.18. The molecule has 108 valence electrons. The molecule has 0 aromatic rings. The molecule has 19 heavy (non-hydrogen) atoms. The van der Waals surface area contributed by atoms with E-state index in [9.17, 15) is 0 Å². The van der Waals surface area contributed by atoms with Gasteiger partial charge in [-0.2, -0.15) is 12.2 Å². The van der Waals surface area contributed by atoms with Gasteiger partial charge < -0.3 is 0 Å². The predicted octanol–water partition coefficient (Wildman–Crippen LogP) is 4.99. The minimum absolute atomic E-state index is 0. The standard InChI is InChI=1S/2C5H5.C3H6.C2H6Si.2ClH.Ti/c2*1-2-4-5-3-1;2*1-3-2;;;/h2*1-3H,4H2;2*1-2H3;2*1H;/q2*-1;;;;;. The first-order valence-electron chi connectivity index (χ1n) is 5.93. The molecule has 0 N–H and O–H groups in total. The van der Waals surface area contributed by atoms with Gasteiger partial charge in [-0.15, -0.1) is 37.7 Å². The number of hydrogen-bond acceptors (Lipinski definition) is 0. The van der Waals surface area contributed by atoms with Crippen molar-refractivity contribution in [2.45, 2.75) is 39.8 Å². The topological polar surface area (TPSA) is 0 Å². The molecule has 0 radical (unpaired) electrons. The summed E-state index contributed by atoms with van der Waals surface area (Å²) in [6, 6.07) is 0. The fourth-order valence-corrected chi connectivity index (χ4v) is 6.87. The van der Waals surface area contributed by atoms with Gasteiger partial charge in [-0.25, -0.2) is 24.3 Å². The number of halogens is 2. The molecule has 0 spiro atoms. The molecule has 0 aliphatic heterocycles. The van der Waals surface area contributed by atoms with Crippen LogP contribution in [0, 0.1) is 12.2 Å². The van der Waals surface area contributed by atoms with Gasteiger partial charge in [-0.3, -0.25) is 12.2 Å². The van der Waals surface area contributed by atoms with E-state index in [2.05, 4.69) is 51.2 Å². The third-order valence-corrected chi connectivity index (χ3v) is 7.36. The summed E-state index contributed by atoms with van der Waals surface area (Å²) in [6.07, 6.45) is 20.2. The Labute approximate surface area is 140 Å². The van der Waals surface area contributed by atoms with Crippen LogP contribution in [0.15, 0.2) is 36.5 Å². The molecule has 0 fully saturated rings. The molecule has 0 amide bonds. The minimum Gasteiger partial charge on any atom is -0.273 e. The zero-order valence-electron chi connectivity index (χ0n) is 12.2. The van der Waals surface area contributed by atoms with Crippen LogP contribution in [0.4, 0.5) is 0 Å². The second kappa shape index (κ2) is 18.3. The molecule has 0 unspecified atom stereocenters. The van der Waals surface area contributed by atoms with Gasteiger partial charge in [-0.1, -0.05) is 0 Å². The normalized spacial score (nSPS) is 12.0. The smallest absolute Gasteiger partial charge is 0.109 e. The van der Waals surface area contributed by atoms with Crippen LogP contribution in [0.1, 0.15) is 26.7 Å². The maximum Gasteiger partial charge on any atom is -0.109 e. The molecule has 0 bridgehead atoms. The average molecular weight is 351 g/mol. The largest absolute Gasteiger partial charge is 0.273 e. The number of rotatable bonds is 0. The second-order valence-electron chi connectivity index (χ2n) is 4.13. The Kier molecular flexibility index (Phi) is 23.5. The molecule has 0 heterocycles. The molecule has 2 aliphatic carbocycles. The molecule has 0 aromatic carbocycles. The summed E-state index contributed by atoms with van der Waals surface area (Å²) < 4.78 is 1.71. The van der Waals surface area contributed by atoms with Gasteiger partial charge in [0.2, 0.25) is 0 Å². The van der Waals surface area contributed by atoms with Gasteiger partial charge in [0.15, 0.2) is 0 Å². The SMILES string of the molecule is C[C](C)=[Ti]=[Si](C)C.Cl.Cl.[C-]1=CC=CC1.[C-]1=CC=CC1. The van der Waals surface area contributed by atoms with Crippen LogP contribution in [0.5, 0.6) is 0 Å². The second-order valence-corrected chi connectivity index (χ2v) is 13.8. The van der Waals surface area contributed by atoms with E-state index in [1.54, 1.807) is 3.81 Å². The van der Waals surface area contributed by atoms with Gasteiger partial charge in [0.25, 0.3) is 0 Å². The Morgan fingerprint density at radius 1 is 0.947 bits per heavy atom. The molecule has 0 nitrogen and oxygen atoms in total. The van der Waals surface area contributed by atoms with Crippen LogP contribution in [-0.4, -0.2) is 10.00 Å². The van der Waals surface area contributed by atoms with E-state index in [4.69, 9.17) is 0 Å². The van der Waals surface area contributed by atoms with Crippen LogP contribution in [0.2, 0.25) is 13.1 Å². The quantitative estimate of drug-likeness (QED) is 0.426. The Bertz CT molecular complexity index is 325. The molecule has 0 saturated carbocycles. The zero-order valence-corrected chi connectivity index (χ0v) is 16.4. The molecule has 0 atom stereocenters. The van der Waals surface area contributed by atoms with Gasteiger partial charge in [0.1, 0.15) is 0 Å². The van der Waals surface area contributed by atoms with Crippen molar-refractivity contribution < 1.29 is 17.4 Å². The number of hydrogen-bond donors (Lipinski definition) is 0. The van der Waals surface area contributed by atoms with Gasteiger partial charge in [-0.05, 0) is 0 Å². The maximum absolute atomic E-state index is 2.99. The summed E-state index contributed by atoms with van der Waals surface area (Å²) in [7, 11) is 0. The summed E-state index contributed by atoms with van der Waals surface area (Å²) in [5.41, 5.74) is 0. The Morgan fingerprint density at radius 3 is 1.42 bits per heavy atom. The van der Waals surface area contributed by atoms with E-state index < -0.39 is 0 Å². The average Bonchev–Trinajstić information content (AvgIpc) is 2.96. The van der Waals surface area contributed by atoms with Crippen molar-refractivity contribution >= 4 is 34.8 Å². The maximum atomic E-state index is 2.99. The van der Waals surface area contributed by atoms with Gasteiger partial charge in [0, 0.05) is 0 Å². The van der Waals surface area contributed by atoms with Crippen molar-refractivity contribution in [2.75, 3.05) is 0 Å². The Balaban J connectivity index is -0.000000194. The summed E-state index contributed by atoms with van der Waals surface area (Å²) in [4.78, 5) is 0.